The summed E-state index contributed by atoms with van der Waals surface area (Å²) in [6.45, 7) is 4.03. The summed E-state index contributed by atoms with van der Waals surface area (Å²) >= 11 is 9.39. The van der Waals surface area contributed by atoms with E-state index < -0.39 is 15.3 Å². The highest BCUT2D eigenvalue weighted by Gasteiger charge is 2.40. The Kier molecular flexibility index (Phi) is 3.05. The number of hydrogen-bond acceptors (Lipinski definition) is 2. The van der Waals surface area contributed by atoms with Crippen LogP contribution in [0.25, 0.3) is 0 Å². The van der Waals surface area contributed by atoms with Crippen molar-refractivity contribution < 1.29 is 8.42 Å². The van der Waals surface area contributed by atoms with Crippen LogP contribution < -0.4 is 0 Å². The van der Waals surface area contributed by atoms with E-state index in [1.807, 2.05) is 26.0 Å². The lowest BCUT2D eigenvalue weighted by Crippen LogP contribution is -2.29. The molecule has 1 heterocycles. The van der Waals surface area contributed by atoms with Crippen molar-refractivity contribution >= 4 is 37.4 Å². The summed E-state index contributed by atoms with van der Waals surface area (Å²) in [7, 11) is -3.50. The number of benzene rings is 2. The zero-order valence-electron chi connectivity index (χ0n) is 10.9. The molecule has 2 nitrogen and oxygen atoms in total. The predicted octanol–water partition coefficient (Wildman–Crippen LogP) is 4.57. The molecular formula is C15H12BrClO2S. The second-order valence-corrected chi connectivity index (χ2v) is 8.65. The molecule has 0 N–H and O–H groups in total. The van der Waals surface area contributed by atoms with Gasteiger partial charge in [-0.25, -0.2) is 8.42 Å². The van der Waals surface area contributed by atoms with Crippen LogP contribution in [0.1, 0.15) is 25.0 Å². The van der Waals surface area contributed by atoms with Gasteiger partial charge in [-0.05, 0) is 41.5 Å². The van der Waals surface area contributed by atoms with Crippen molar-refractivity contribution in [1.29, 1.82) is 0 Å². The fraction of sp³-hybridized carbons (Fsp3) is 0.200. The largest absolute Gasteiger partial charge is 0.218 e. The van der Waals surface area contributed by atoms with Crippen LogP contribution in [0.4, 0.5) is 0 Å². The summed E-state index contributed by atoms with van der Waals surface area (Å²) in [6, 6.07) is 10.4. The van der Waals surface area contributed by atoms with Crippen LogP contribution in [0, 0.1) is 0 Å². The van der Waals surface area contributed by atoms with Crippen molar-refractivity contribution in [1.82, 2.24) is 0 Å². The van der Waals surface area contributed by atoms with Gasteiger partial charge in [-0.3, -0.25) is 0 Å². The zero-order valence-corrected chi connectivity index (χ0v) is 14.1. The molecular weight excluding hydrogens is 360 g/mol. The van der Waals surface area contributed by atoms with E-state index in [1.54, 1.807) is 24.3 Å². The van der Waals surface area contributed by atoms with Gasteiger partial charge in [0.2, 0.25) is 9.84 Å². The van der Waals surface area contributed by atoms with E-state index in [9.17, 15) is 8.42 Å². The topological polar surface area (TPSA) is 34.1 Å². The molecule has 0 amide bonds. The van der Waals surface area contributed by atoms with Gasteiger partial charge in [0.15, 0.2) is 0 Å². The first-order valence-electron chi connectivity index (χ1n) is 6.10. The Morgan fingerprint density at radius 2 is 1.70 bits per heavy atom. The van der Waals surface area contributed by atoms with Gasteiger partial charge in [0.25, 0.3) is 0 Å². The van der Waals surface area contributed by atoms with Crippen molar-refractivity contribution in [2.75, 3.05) is 0 Å². The van der Waals surface area contributed by atoms with E-state index in [4.69, 9.17) is 11.6 Å². The molecule has 0 atom stereocenters. The first-order chi connectivity index (χ1) is 9.24. The first kappa shape index (κ1) is 14.1. The summed E-state index contributed by atoms with van der Waals surface area (Å²) in [5.74, 6) is 0. The van der Waals surface area contributed by atoms with E-state index in [2.05, 4.69) is 15.9 Å². The van der Waals surface area contributed by atoms with Gasteiger partial charge < -0.3 is 0 Å². The minimum absolute atomic E-state index is 0.345. The monoisotopic (exact) mass is 370 g/mol. The van der Waals surface area contributed by atoms with Crippen LogP contribution in [-0.2, 0) is 15.3 Å². The van der Waals surface area contributed by atoms with Gasteiger partial charge in [-0.2, -0.15) is 0 Å². The van der Waals surface area contributed by atoms with Gasteiger partial charge in [0.1, 0.15) is 0 Å². The van der Waals surface area contributed by atoms with Crippen molar-refractivity contribution in [2.24, 2.45) is 0 Å². The van der Waals surface area contributed by atoms with Crippen LogP contribution in [0.5, 0.6) is 0 Å². The Hall–Kier alpha value is -0.840. The number of fused-ring (bicyclic) bond motifs is 2. The third kappa shape index (κ3) is 1.85. The standard InChI is InChI=1S/C15H12BrClO2S/c1-15(2)11-5-3-9(16)7-14(11)20(18,19)13-6-4-10(17)8-12(13)15/h3-8H,1-2H3. The molecule has 20 heavy (non-hydrogen) atoms. The van der Waals surface area contributed by atoms with Crippen LogP contribution in [0.15, 0.2) is 50.7 Å². The van der Waals surface area contributed by atoms with E-state index in [-0.39, 0.29) is 0 Å². The van der Waals surface area contributed by atoms with E-state index >= 15 is 0 Å². The lowest BCUT2D eigenvalue weighted by Gasteiger charge is -2.34. The zero-order chi connectivity index (χ0) is 14.7. The molecule has 2 aromatic carbocycles. The molecule has 1 aliphatic heterocycles. The Balaban J connectivity index is 2.47. The molecule has 0 saturated carbocycles. The molecule has 0 aliphatic carbocycles. The minimum Gasteiger partial charge on any atom is -0.218 e. The van der Waals surface area contributed by atoms with Crippen molar-refractivity contribution in [2.45, 2.75) is 29.1 Å². The number of halogens is 2. The van der Waals surface area contributed by atoms with Gasteiger partial charge in [0.05, 0.1) is 9.79 Å². The molecule has 0 radical (unpaired) electrons. The maximum atomic E-state index is 12.8. The summed E-state index contributed by atoms with van der Waals surface area (Å²) in [4.78, 5) is 0.712. The molecule has 2 aromatic rings. The van der Waals surface area contributed by atoms with Gasteiger partial charge in [-0.1, -0.05) is 47.4 Å². The Morgan fingerprint density at radius 3 is 2.40 bits per heavy atom. The molecule has 0 aromatic heterocycles. The average molecular weight is 372 g/mol. The van der Waals surface area contributed by atoms with Crippen LogP contribution in [-0.4, -0.2) is 8.42 Å². The summed E-state index contributed by atoms with van der Waals surface area (Å²) < 4.78 is 26.3. The van der Waals surface area contributed by atoms with Crippen LogP contribution >= 0.6 is 27.5 Å². The molecule has 5 heteroatoms. The normalized spacial score (nSPS) is 18.2. The second-order valence-electron chi connectivity index (χ2n) is 5.41. The third-order valence-electron chi connectivity index (χ3n) is 3.81. The van der Waals surface area contributed by atoms with Gasteiger partial charge >= 0.3 is 0 Å². The maximum absolute atomic E-state index is 12.8. The number of sulfone groups is 1. The predicted molar refractivity (Wildman–Crippen MR) is 83.2 cm³/mol. The fourth-order valence-corrected chi connectivity index (χ4v) is 5.39. The summed E-state index contributed by atoms with van der Waals surface area (Å²) in [5, 5.41) is 0.549. The number of rotatable bonds is 0. The second kappa shape index (κ2) is 4.33. The Morgan fingerprint density at radius 1 is 1.00 bits per heavy atom. The maximum Gasteiger partial charge on any atom is 0.207 e. The van der Waals surface area contributed by atoms with Crippen molar-refractivity contribution in [3.8, 4) is 0 Å². The highest BCUT2D eigenvalue weighted by Crippen LogP contribution is 2.46. The Labute approximate surface area is 131 Å². The summed E-state index contributed by atoms with van der Waals surface area (Å²) in [5.41, 5.74) is 1.15. The van der Waals surface area contributed by atoms with Crippen molar-refractivity contribution in [3.05, 3.63) is 57.0 Å². The van der Waals surface area contributed by atoms with Crippen LogP contribution in [0.3, 0.4) is 0 Å². The first-order valence-corrected chi connectivity index (χ1v) is 8.75. The van der Waals surface area contributed by atoms with Gasteiger partial charge in [0, 0.05) is 14.9 Å². The lowest BCUT2D eigenvalue weighted by atomic mass is 9.78. The highest BCUT2D eigenvalue weighted by atomic mass is 79.9. The average Bonchev–Trinajstić information content (AvgIpc) is 2.36. The van der Waals surface area contributed by atoms with E-state index in [0.717, 1.165) is 15.6 Å². The van der Waals surface area contributed by atoms with Crippen LogP contribution in [0.2, 0.25) is 5.02 Å². The molecule has 0 saturated heterocycles. The quantitative estimate of drug-likeness (QED) is 0.679. The van der Waals surface area contributed by atoms with E-state index in [1.165, 1.54) is 0 Å². The number of hydrogen-bond donors (Lipinski definition) is 0. The van der Waals surface area contributed by atoms with Gasteiger partial charge in [-0.15, -0.1) is 0 Å². The highest BCUT2D eigenvalue weighted by molar-refractivity contribution is 9.10. The molecule has 104 valence electrons. The molecule has 0 fully saturated rings. The summed E-state index contributed by atoms with van der Waals surface area (Å²) in [6.07, 6.45) is 0. The van der Waals surface area contributed by atoms with E-state index in [0.29, 0.717) is 14.8 Å². The smallest absolute Gasteiger partial charge is 0.207 e. The third-order valence-corrected chi connectivity index (χ3v) is 6.39. The minimum atomic E-state index is -3.50. The lowest BCUT2D eigenvalue weighted by molar-refractivity contribution is 0.555. The van der Waals surface area contributed by atoms with Crippen molar-refractivity contribution in [3.63, 3.8) is 0 Å². The SMILES string of the molecule is CC1(C)c2cc(Cl)ccc2S(=O)(=O)c2cc(Br)ccc21. The molecule has 1 aliphatic rings. The molecule has 0 bridgehead atoms. The molecule has 3 rings (SSSR count). The molecule has 0 unspecified atom stereocenters. The fourth-order valence-electron chi connectivity index (χ4n) is 2.72. The molecule has 0 spiro atoms. The Bertz CT molecular complexity index is 826.